The molecule has 5 nitrogen and oxygen atoms in total. The van der Waals surface area contributed by atoms with E-state index in [9.17, 15) is 4.79 Å². The fourth-order valence-corrected chi connectivity index (χ4v) is 3.27. The van der Waals surface area contributed by atoms with Crippen molar-refractivity contribution in [2.24, 2.45) is 0 Å². The number of anilines is 1. The number of ether oxygens (including phenoxy) is 2. The monoisotopic (exact) mass is 438 g/mol. The Morgan fingerprint density at radius 1 is 1.00 bits per heavy atom. The Kier molecular flexibility index (Phi) is 5.58. The molecule has 1 amide bonds. The second kappa shape index (κ2) is 8.44. The topological polar surface area (TPSA) is 51.7 Å². The van der Waals surface area contributed by atoms with Crippen molar-refractivity contribution in [3.63, 3.8) is 0 Å². The summed E-state index contributed by atoms with van der Waals surface area (Å²) in [4.78, 5) is 19.5. The van der Waals surface area contributed by atoms with Crippen LogP contribution in [0.1, 0.15) is 22.5 Å². The van der Waals surface area contributed by atoms with E-state index < -0.39 is 0 Å². The predicted molar refractivity (Wildman–Crippen MR) is 111 cm³/mol. The van der Waals surface area contributed by atoms with Crippen LogP contribution >= 0.6 is 15.9 Å². The fourth-order valence-electron chi connectivity index (χ4n) is 3.01. The number of pyridine rings is 1. The summed E-state index contributed by atoms with van der Waals surface area (Å²) < 4.78 is 12.4. The lowest BCUT2D eigenvalue weighted by Gasteiger charge is -2.23. The molecular formula is C22H19BrN2O3. The highest BCUT2D eigenvalue weighted by atomic mass is 79.9. The molecule has 28 heavy (non-hydrogen) atoms. The zero-order valence-electron chi connectivity index (χ0n) is 15.2. The number of carbonyl (C=O) groups is 1. The number of carbonyl (C=O) groups excluding carboxylic acids is 1. The Morgan fingerprint density at radius 3 is 2.54 bits per heavy atom. The first kappa shape index (κ1) is 18.5. The lowest BCUT2D eigenvalue weighted by atomic mass is 10.1. The molecule has 0 fully saturated rings. The number of hydrogen-bond acceptors (Lipinski definition) is 4. The third kappa shape index (κ3) is 4.17. The van der Waals surface area contributed by atoms with Crippen LogP contribution in [0.4, 0.5) is 5.69 Å². The predicted octanol–water partition coefficient (Wildman–Crippen LogP) is 4.85. The van der Waals surface area contributed by atoms with Crippen molar-refractivity contribution in [3.8, 4) is 11.5 Å². The van der Waals surface area contributed by atoms with Crippen LogP contribution < -0.4 is 14.4 Å². The molecule has 2 heterocycles. The van der Waals surface area contributed by atoms with Crippen molar-refractivity contribution in [1.82, 2.24) is 4.98 Å². The van der Waals surface area contributed by atoms with Gasteiger partial charge in [0.2, 0.25) is 0 Å². The van der Waals surface area contributed by atoms with Crippen LogP contribution in [0.25, 0.3) is 0 Å². The Hall–Kier alpha value is -2.86. The van der Waals surface area contributed by atoms with Crippen LogP contribution in [-0.2, 0) is 6.54 Å². The minimum atomic E-state index is -0.122. The second-order valence-corrected chi connectivity index (χ2v) is 7.32. The molecule has 0 unspecified atom stereocenters. The first-order valence-corrected chi connectivity index (χ1v) is 9.87. The summed E-state index contributed by atoms with van der Waals surface area (Å²) in [5.41, 5.74) is 2.15. The number of benzene rings is 2. The van der Waals surface area contributed by atoms with Gasteiger partial charge in [0.05, 0.1) is 25.5 Å². The first-order chi connectivity index (χ1) is 13.7. The third-order valence-corrected chi connectivity index (χ3v) is 4.95. The van der Waals surface area contributed by atoms with Crippen LogP contribution in [0.5, 0.6) is 11.5 Å². The summed E-state index contributed by atoms with van der Waals surface area (Å²) >= 11 is 3.45. The largest absolute Gasteiger partial charge is 0.490 e. The molecule has 0 saturated carbocycles. The van der Waals surface area contributed by atoms with Gasteiger partial charge in [-0.05, 0) is 54.6 Å². The summed E-state index contributed by atoms with van der Waals surface area (Å²) in [7, 11) is 0. The number of halogens is 1. The van der Waals surface area contributed by atoms with Crippen molar-refractivity contribution >= 4 is 27.5 Å². The maximum Gasteiger partial charge on any atom is 0.258 e. The van der Waals surface area contributed by atoms with E-state index in [0.717, 1.165) is 22.3 Å². The van der Waals surface area contributed by atoms with Gasteiger partial charge in [-0.2, -0.15) is 0 Å². The molecule has 0 radical (unpaired) electrons. The molecule has 4 rings (SSSR count). The fraction of sp³-hybridized carbons (Fsp3) is 0.182. The number of fused-ring (bicyclic) bond motifs is 1. The lowest BCUT2D eigenvalue weighted by Crippen LogP contribution is -2.30. The second-order valence-electron chi connectivity index (χ2n) is 6.40. The van der Waals surface area contributed by atoms with Crippen LogP contribution in [0.15, 0.2) is 71.3 Å². The van der Waals surface area contributed by atoms with Crippen LogP contribution in [-0.4, -0.2) is 24.1 Å². The van der Waals surface area contributed by atoms with Gasteiger partial charge in [0.25, 0.3) is 5.91 Å². The summed E-state index contributed by atoms with van der Waals surface area (Å²) in [5, 5.41) is 0. The molecule has 2 aromatic carbocycles. The quantitative estimate of drug-likeness (QED) is 0.583. The summed E-state index contributed by atoms with van der Waals surface area (Å²) in [6.45, 7) is 1.57. The number of hydrogen-bond donors (Lipinski definition) is 0. The highest BCUT2D eigenvalue weighted by Gasteiger charge is 2.21. The maximum atomic E-state index is 13.4. The van der Waals surface area contributed by atoms with Gasteiger partial charge < -0.3 is 14.4 Å². The van der Waals surface area contributed by atoms with Crippen LogP contribution in [0.2, 0.25) is 0 Å². The molecule has 0 spiro atoms. The van der Waals surface area contributed by atoms with Gasteiger partial charge >= 0.3 is 0 Å². The average Bonchev–Trinajstić information content (AvgIpc) is 2.98. The number of nitrogens with zero attached hydrogens (tertiary/aromatic N) is 2. The molecule has 1 aromatic heterocycles. The lowest BCUT2D eigenvalue weighted by molar-refractivity contribution is 0.0984. The minimum absolute atomic E-state index is 0.122. The van der Waals surface area contributed by atoms with Gasteiger partial charge in [-0.15, -0.1) is 0 Å². The average molecular weight is 439 g/mol. The molecule has 3 aromatic rings. The molecular weight excluding hydrogens is 420 g/mol. The van der Waals surface area contributed by atoms with E-state index >= 15 is 0 Å². The van der Waals surface area contributed by atoms with Crippen molar-refractivity contribution in [1.29, 1.82) is 0 Å². The van der Waals surface area contributed by atoms with Crippen molar-refractivity contribution in [3.05, 3.63) is 82.6 Å². The van der Waals surface area contributed by atoms with Gasteiger partial charge in [0.15, 0.2) is 11.5 Å². The Balaban J connectivity index is 1.68. The smallest absolute Gasteiger partial charge is 0.258 e. The van der Waals surface area contributed by atoms with E-state index in [4.69, 9.17) is 9.47 Å². The van der Waals surface area contributed by atoms with Gasteiger partial charge in [-0.3, -0.25) is 9.78 Å². The molecule has 0 atom stereocenters. The molecule has 0 N–H and O–H groups in total. The van der Waals surface area contributed by atoms with E-state index in [0.29, 0.717) is 36.8 Å². The van der Waals surface area contributed by atoms with E-state index in [1.807, 2.05) is 42.5 Å². The van der Waals surface area contributed by atoms with Gasteiger partial charge in [0, 0.05) is 28.3 Å². The zero-order chi connectivity index (χ0) is 19.3. The standard InChI is InChI=1S/C22H19BrN2O3/c23-17-6-8-19(9-7-17)25(15-18-4-1-2-11-24-18)22(26)16-5-10-20-21(14-16)28-13-3-12-27-20/h1-2,4-11,14H,3,12-13,15H2. The summed E-state index contributed by atoms with van der Waals surface area (Å²) in [5.74, 6) is 1.16. The van der Waals surface area contributed by atoms with Crippen molar-refractivity contribution in [2.75, 3.05) is 18.1 Å². The minimum Gasteiger partial charge on any atom is -0.490 e. The number of rotatable bonds is 4. The summed E-state index contributed by atoms with van der Waals surface area (Å²) in [6.07, 6.45) is 2.55. The van der Waals surface area contributed by atoms with E-state index in [-0.39, 0.29) is 5.91 Å². The first-order valence-electron chi connectivity index (χ1n) is 9.08. The Morgan fingerprint density at radius 2 is 1.79 bits per heavy atom. The molecule has 1 aliphatic rings. The van der Waals surface area contributed by atoms with Gasteiger partial charge in [0.1, 0.15) is 0 Å². The molecule has 0 aliphatic carbocycles. The highest BCUT2D eigenvalue weighted by Crippen LogP contribution is 2.31. The van der Waals surface area contributed by atoms with Gasteiger partial charge in [-0.25, -0.2) is 0 Å². The number of aromatic nitrogens is 1. The Labute approximate surface area is 172 Å². The zero-order valence-corrected chi connectivity index (χ0v) is 16.8. The van der Waals surface area contributed by atoms with Crippen LogP contribution in [0.3, 0.4) is 0 Å². The number of amides is 1. The van der Waals surface area contributed by atoms with E-state index in [1.165, 1.54) is 0 Å². The van der Waals surface area contributed by atoms with E-state index in [2.05, 4.69) is 20.9 Å². The van der Waals surface area contributed by atoms with E-state index in [1.54, 1.807) is 29.3 Å². The normalized spacial score (nSPS) is 12.9. The molecule has 6 heteroatoms. The molecule has 0 bridgehead atoms. The van der Waals surface area contributed by atoms with Crippen LogP contribution in [0, 0.1) is 0 Å². The molecule has 1 aliphatic heterocycles. The third-order valence-electron chi connectivity index (χ3n) is 4.42. The molecule has 142 valence electrons. The van der Waals surface area contributed by atoms with Gasteiger partial charge in [-0.1, -0.05) is 22.0 Å². The maximum absolute atomic E-state index is 13.4. The summed E-state index contributed by atoms with van der Waals surface area (Å²) in [6, 6.07) is 18.7. The van der Waals surface area contributed by atoms with Crippen molar-refractivity contribution in [2.45, 2.75) is 13.0 Å². The van der Waals surface area contributed by atoms with Crippen molar-refractivity contribution < 1.29 is 14.3 Å². The molecule has 0 saturated heterocycles. The highest BCUT2D eigenvalue weighted by molar-refractivity contribution is 9.10. The SMILES string of the molecule is O=C(c1ccc2c(c1)OCCCO2)N(Cc1ccccn1)c1ccc(Br)cc1. The Bertz CT molecular complexity index is 961.